The minimum atomic E-state index is -0.334. The topological polar surface area (TPSA) is 117 Å². The Morgan fingerprint density at radius 1 is 1.30 bits per heavy atom. The molecule has 0 bridgehead atoms. The number of aromatic nitrogens is 3. The zero-order valence-electron chi connectivity index (χ0n) is 17.4. The quantitative estimate of drug-likeness (QED) is 0.756. The number of piperidine rings is 1. The molecule has 2 fully saturated rings. The zero-order chi connectivity index (χ0) is 21.1. The Bertz CT molecular complexity index is 887. The van der Waals surface area contributed by atoms with Crippen LogP contribution in [0.5, 0.6) is 0 Å². The van der Waals surface area contributed by atoms with Crippen molar-refractivity contribution in [3.8, 4) is 0 Å². The van der Waals surface area contributed by atoms with Crippen LogP contribution in [0.25, 0.3) is 0 Å². The number of aromatic amines is 1. The first-order valence-electron chi connectivity index (χ1n) is 10.4. The average Bonchev–Trinajstić information content (AvgIpc) is 3.42. The molecule has 2 atom stereocenters. The van der Waals surface area contributed by atoms with Gasteiger partial charge >= 0.3 is 0 Å². The molecule has 2 aromatic heterocycles. The van der Waals surface area contributed by atoms with Gasteiger partial charge in [0.05, 0.1) is 42.4 Å². The lowest BCUT2D eigenvalue weighted by Crippen LogP contribution is -2.47. The van der Waals surface area contributed by atoms with Crippen molar-refractivity contribution in [2.45, 2.75) is 38.6 Å². The summed E-state index contributed by atoms with van der Waals surface area (Å²) in [4.78, 5) is 29.6. The zero-order valence-corrected chi connectivity index (χ0v) is 17.4. The molecule has 4 heterocycles. The summed E-state index contributed by atoms with van der Waals surface area (Å²) in [7, 11) is 0. The minimum Gasteiger partial charge on any atom is -0.378 e. The normalized spacial score (nSPS) is 21.4. The molecule has 2 saturated heterocycles. The molecule has 0 aromatic carbocycles. The van der Waals surface area contributed by atoms with Crippen molar-refractivity contribution in [1.82, 2.24) is 25.2 Å². The van der Waals surface area contributed by atoms with E-state index in [0.29, 0.717) is 50.0 Å². The van der Waals surface area contributed by atoms with E-state index in [4.69, 9.17) is 9.26 Å². The molecule has 0 spiro atoms. The van der Waals surface area contributed by atoms with Crippen LogP contribution in [-0.4, -0.2) is 82.4 Å². The van der Waals surface area contributed by atoms with Crippen LogP contribution >= 0.6 is 0 Å². The third-order valence-electron chi connectivity index (χ3n) is 5.86. The van der Waals surface area contributed by atoms with E-state index in [1.54, 1.807) is 19.2 Å². The van der Waals surface area contributed by atoms with E-state index in [2.05, 4.69) is 25.6 Å². The highest BCUT2D eigenvalue weighted by molar-refractivity contribution is 5.95. The number of ether oxygens (including phenoxy) is 1. The highest BCUT2D eigenvalue weighted by Gasteiger charge is 2.32. The molecule has 10 nitrogen and oxygen atoms in total. The van der Waals surface area contributed by atoms with Crippen molar-refractivity contribution in [2.75, 3.05) is 44.7 Å². The number of carbonyl (C=O) groups is 2. The number of nitrogens with zero attached hydrogens (tertiary/aromatic N) is 4. The van der Waals surface area contributed by atoms with Gasteiger partial charge in [-0.3, -0.25) is 24.9 Å². The van der Waals surface area contributed by atoms with Gasteiger partial charge in [-0.1, -0.05) is 5.16 Å². The lowest BCUT2D eigenvalue weighted by atomic mass is 9.91. The lowest BCUT2D eigenvalue weighted by Gasteiger charge is -2.36. The van der Waals surface area contributed by atoms with Gasteiger partial charge in [-0.25, -0.2) is 0 Å². The van der Waals surface area contributed by atoms with Crippen LogP contribution in [-0.2, 0) is 9.53 Å². The van der Waals surface area contributed by atoms with Crippen LogP contribution in [0.2, 0.25) is 0 Å². The standard InChI is InChI=1S/C20H28N6O4/c1-13-10-17(30-24-13)22-19(27)14(2)26-5-3-4-15(12-26)18-16(11-21-23-18)20(28)25-6-8-29-9-7-25/h10-11,14-15H,3-9,12H2,1-2H3,(H,21,23)(H,22,27)/t14-,15-/m1/s1. The maximum atomic E-state index is 13.0. The summed E-state index contributed by atoms with van der Waals surface area (Å²) < 4.78 is 10.4. The molecular weight excluding hydrogens is 388 g/mol. The summed E-state index contributed by atoms with van der Waals surface area (Å²) >= 11 is 0. The Morgan fingerprint density at radius 3 is 2.83 bits per heavy atom. The minimum absolute atomic E-state index is 0.00865. The van der Waals surface area contributed by atoms with E-state index in [0.717, 1.165) is 25.1 Å². The second-order valence-electron chi connectivity index (χ2n) is 7.93. The molecule has 30 heavy (non-hydrogen) atoms. The second-order valence-corrected chi connectivity index (χ2v) is 7.93. The summed E-state index contributed by atoms with van der Waals surface area (Å²) in [5.41, 5.74) is 2.19. The number of morpholine rings is 1. The van der Waals surface area contributed by atoms with E-state index in [1.807, 2.05) is 11.8 Å². The highest BCUT2D eigenvalue weighted by atomic mass is 16.5. The molecule has 10 heteroatoms. The smallest absolute Gasteiger partial charge is 0.257 e. The number of nitrogens with one attached hydrogen (secondary N) is 2. The average molecular weight is 416 g/mol. The van der Waals surface area contributed by atoms with E-state index in [9.17, 15) is 9.59 Å². The van der Waals surface area contributed by atoms with Gasteiger partial charge in [0.2, 0.25) is 11.8 Å². The SMILES string of the molecule is Cc1cc(NC(=O)[C@@H](C)N2CCC[C@@H](c3[nH]ncc3C(=O)N3CCOCC3)C2)on1. The Balaban J connectivity index is 1.42. The predicted octanol–water partition coefficient (Wildman–Crippen LogP) is 1.39. The summed E-state index contributed by atoms with van der Waals surface area (Å²) in [6.45, 7) is 7.50. The van der Waals surface area contributed by atoms with Crippen molar-refractivity contribution >= 4 is 17.7 Å². The van der Waals surface area contributed by atoms with Crippen LogP contribution in [0.3, 0.4) is 0 Å². The Hall–Kier alpha value is -2.72. The van der Waals surface area contributed by atoms with Gasteiger partial charge in [0.1, 0.15) is 0 Å². The molecule has 4 rings (SSSR count). The summed E-state index contributed by atoms with van der Waals surface area (Å²) in [6, 6.07) is 1.36. The molecule has 2 N–H and O–H groups in total. The first-order valence-corrected chi connectivity index (χ1v) is 10.4. The Labute approximate surface area is 174 Å². The van der Waals surface area contributed by atoms with Gasteiger partial charge in [-0.15, -0.1) is 0 Å². The molecule has 2 amide bonds. The van der Waals surface area contributed by atoms with Crippen LogP contribution in [0, 0.1) is 6.92 Å². The van der Waals surface area contributed by atoms with Crippen LogP contribution in [0.1, 0.15) is 47.4 Å². The van der Waals surface area contributed by atoms with E-state index >= 15 is 0 Å². The van der Waals surface area contributed by atoms with E-state index in [-0.39, 0.29) is 23.8 Å². The van der Waals surface area contributed by atoms with E-state index < -0.39 is 0 Å². The van der Waals surface area contributed by atoms with Gasteiger partial charge in [0.25, 0.3) is 5.91 Å². The second kappa shape index (κ2) is 8.97. The number of carbonyl (C=O) groups excluding carboxylic acids is 2. The van der Waals surface area contributed by atoms with Crippen molar-refractivity contribution in [2.24, 2.45) is 0 Å². The summed E-state index contributed by atoms with van der Waals surface area (Å²) in [6.07, 6.45) is 3.50. The van der Waals surface area contributed by atoms with Gasteiger partial charge in [0, 0.05) is 31.6 Å². The molecule has 0 aliphatic carbocycles. The fourth-order valence-electron chi connectivity index (χ4n) is 4.12. The first kappa shape index (κ1) is 20.5. The van der Waals surface area contributed by atoms with Gasteiger partial charge in [0.15, 0.2) is 0 Å². The molecule has 2 aliphatic heterocycles. The number of aryl methyl sites for hydroxylation is 1. The van der Waals surface area contributed by atoms with E-state index in [1.165, 1.54) is 0 Å². The molecule has 162 valence electrons. The molecular formula is C20H28N6O4. The third kappa shape index (κ3) is 4.39. The van der Waals surface area contributed by atoms with Gasteiger partial charge in [-0.2, -0.15) is 5.10 Å². The molecule has 0 radical (unpaired) electrons. The largest absolute Gasteiger partial charge is 0.378 e. The molecule has 2 aromatic rings. The fraction of sp³-hybridized carbons (Fsp3) is 0.600. The summed E-state index contributed by atoms with van der Waals surface area (Å²) in [5, 5.41) is 13.8. The molecule has 2 aliphatic rings. The summed E-state index contributed by atoms with van der Waals surface area (Å²) in [5.74, 6) is 0.320. The number of anilines is 1. The first-order chi connectivity index (χ1) is 14.5. The lowest BCUT2D eigenvalue weighted by molar-refractivity contribution is -0.121. The number of H-pyrrole nitrogens is 1. The number of rotatable bonds is 5. The Morgan fingerprint density at radius 2 is 2.10 bits per heavy atom. The van der Waals surface area contributed by atoms with Crippen molar-refractivity contribution in [1.29, 1.82) is 0 Å². The molecule has 0 saturated carbocycles. The number of hydrogen-bond donors (Lipinski definition) is 2. The van der Waals surface area contributed by atoms with Crippen LogP contribution in [0.15, 0.2) is 16.8 Å². The monoisotopic (exact) mass is 416 g/mol. The number of amides is 2. The highest BCUT2D eigenvalue weighted by Crippen LogP contribution is 2.29. The van der Waals surface area contributed by atoms with Crippen molar-refractivity contribution in [3.63, 3.8) is 0 Å². The fourth-order valence-corrected chi connectivity index (χ4v) is 4.12. The maximum absolute atomic E-state index is 13.0. The maximum Gasteiger partial charge on any atom is 0.257 e. The molecule has 0 unspecified atom stereocenters. The van der Waals surface area contributed by atoms with Crippen LogP contribution < -0.4 is 5.32 Å². The van der Waals surface area contributed by atoms with Crippen molar-refractivity contribution in [3.05, 3.63) is 29.2 Å². The van der Waals surface area contributed by atoms with Gasteiger partial charge < -0.3 is 14.2 Å². The third-order valence-corrected chi connectivity index (χ3v) is 5.86. The Kier molecular flexibility index (Phi) is 6.14. The number of hydrogen-bond acceptors (Lipinski definition) is 7. The predicted molar refractivity (Wildman–Crippen MR) is 108 cm³/mol. The number of likely N-dealkylation sites (tertiary alicyclic amines) is 1. The van der Waals surface area contributed by atoms with Crippen molar-refractivity contribution < 1.29 is 18.8 Å². The van der Waals surface area contributed by atoms with Crippen LogP contribution in [0.4, 0.5) is 5.88 Å². The van der Waals surface area contributed by atoms with Gasteiger partial charge in [-0.05, 0) is 33.2 Å².